The fraction of sp³-hybridized carbons (Fsp3) is 0.444. The van der Waals surface area contributed by atoms with Crippen LogP contribution >= 0.6 is 0 Å². The summed E-state index contributed by atoms with van der Waals surface area (Å²) in [5.41, 5.74) is 2.00. The first-order chi connectivity index (χ1) is 11.9. The van der Waals surface area contributed by atoms with Crippen molar-refractivity contribution < 1.29 is 14.3 Å². The first-order valence-electron chi connectivity index (χ1n) is 8.21. The molecule has 1 heterocycles. The molecule has 7 heteroatoms. The number of aryl methyl sites for hydroxylation is 1. The van der Waals surface area contributed by atoms with Crippen molar-refractivity contribution in [2.45, 2.75) is 39.4 Å². The highest BCUT2D eigenvalue weighted by atomic mass is 16.5. The summed E-state index contributed by atoms with van der Waals surface area (Å²) in [4.78, 5) is 12.2. The second-order valence-corrected chi connectivity index (χ2v) is 6.03. The fourth-order valence-electron chi connectivity index (χ4n) is 2.74. The lowest BCUT2D eigenvalue weighted by Gasteiger charge is -2.21. The van der Waals surface area contributed by atoms with E-state index in [-0.39, 0.29) is 18.1 Å². The fourth-order valence-corrected chi connectivity index (χ4v) is 2.74. The molecule has 0 radical (unpaired) electrons. The number of nitrogens with one attached hydrogen (secondary N) is 2. The van der Waals surface area contributed by atoms with E-state index in [0.717, 1.165) is 11.1 Å². The molecule has 7 nitrogen and oxygen atoms in total. The quantitative estimate of drug-likeness (QED) is 0.808. The molecule has 0 aliphatic carbocycles. The van der Waals surface area contributed by atoms with Crippen molar-refractivity contribution in [1.82, 2.24) is 20.4 Å². The number of aromatic nitrogens is 2. The second kappa shape index (κ2) is 8.41. The average Bonchev–Trinajstić information content (AvgIpc) is 3.06. The molecule has 0 aliphatic rings. The molecule has 2 rings (SSSR count). The van der Waals surface area contributed by atoms with Crippen LogP contribution in [-0.2, 0) is 6.54 Å². The number of carbonyl (C=O) groups is 1. The van der Waals surface area contributed by atoms with E-state index in [9.17, 15) is 4.79 Å². The summed E-state index contributed by atoms with van der Waals surface area (Å²) in [5, 5.41) is 10.0. The Morgan fingerprint density at radius 2 is 1.88 bits per heavy atom. The van der Waals surface area contributed by atoms with Gasteiger partial charge in [0.25, 0.3) is 0 Å². The predicted octanol–water partition coefficient (Wildman–Crippen LogP) is 2.66. The van der Waals surface area contributed by atoms with Gasteiger partial charge in [0.2, 0.25) is 0 Å². The number of ether oxygens (including phenoxy) is 2. The third kappa shape index (κ3) is 4.89. The number of carbonyl (C=O) groups excluding carboxylic acids is 1. The Bertz CT molecular complexity index is 701. The Kier molecular flexibility index (Phi) is 6.27. The van der Waals surface area contributed by atoms with Crippen LogP contribution in [0.15, 0.2) is 30.6 Å². The molecule has 2 atom stereocenters. The molecule has 25 heavy (non-hydrogen) atoms. The molecule has 136 valence electrons. The van der Waals surface area contributed by atoms with Gasteiger partial charge in [-0.25, -0.2) is 4.79 Å². The van der Waals surface area contributed by atoms with Crippen molar-refractivity contribution >= 4 is 6.03 Å². The Balaban J connectivity index is 1.98. The van der Waals surface area contributed by atoms with Gasteiger partial charge in [0.1, 0.15) is 0 Å². The molecule has 1 aromatic heterocycles. The highest BCUT2D eigenvalue weighted by molar-refractivity contribution is 5.74. The van der Waals surface area contributed by atoms with Gasteiger partial charge in [-0.05, 0) is 50.1 Å². The molecule has 2 unspecified atom stereocenters. The molecule has 2 aromatic rings. The summed E-state index contributed by atoms with van der Waals surface area (Å²) < 4.78 is 12.4. The standard InChI is InChI=1S/C18H26N4O3/c1-12-9-16(24-4)17(25-5)10-15(12)14(3)21-18(23)20-13(2)11-22-8-6-7-19-22/h6-10,13-14H,11H2,1-5H3,(H2,20,21,23). The zero-order valence-electron chi connectivity index (χ0n) is 15.4. The van der Waals surface area contributed by atoms with Crippen molar-refractivity contribution in [3.8, 4) is 11.5 Å². The van der Waals surface area contributed by atoms with Gasteiger partial charge in [0, 0.05) is 18.4 Å². The number of hydrogen-bond acceptors (Lipinski definition) is 4. The lowest BCUT2D eigenvalue weighted by molar-refractivity contribution is 0.233. The van der Waals surface area contributed by atoms with Gasteiger partial charge in [-0.2, -0.15) is 5.10 Å². The van der Waals surface area contributed by atoms with Crippen LogP contribution in [0.4, 0.5) is 4.79 Å². The highest BCUT2D eigenvalue weighted by Gasteiger charge is 2.16. The van der Waals surface area contributed by atoms with Gasteiger partial charge in [0.05, 0.1) is 26.8 Å². The minimum Gasteiger partial charge on any atom is -0.493 e. The molecular weight excluding hydrogens is 320 g/mol. The van der Waals surface area contributed by atoms with Crippen LogP contribution in [0, 0.1) is 6.92 Å². The molecule has 2 N–H and O–H groups in total. The number of urea groups is 1. The van der Waals surface area contributed by atoms with Crippen LogP contribution in [-0.4, -0.2) is 36.1 Å². The predicted molar refractivity (Wildman–Crippen MR) is 96.1 cm³/mol. The van der Waals surface area contributed by atoms with Crippen molar-refractivity contribution in [2.24, 2.45) is 0 Å². The SMILES string of the molecule is COc1cc(C)c(C(C)NC(=O)NC(C)Cn2cccn2)cc1OC. The third-order valence-electron chi connectivity index (χ3n) is 3.98. The van der Waals surface area contributed by atoms with E-state index in [2.05, 4.69) is 15.7 Å². The maximum Gasteiger partial charge on any atom is 0.315 e. The molecule has 0 spiro atoms. The normalized spacial score (nSPS) is 13.0. The van der Waals surface area contributed by atoms with Crippen LogP contribution in [0.2, 0.25) is 0 Å². The number of amides is 2. The van der Waals surface area contributed by atoms with Crippen LogP contribution in [0.1, 0.15) is 31.0 Å². The van der Waals surface area contributed by atoms with Crippen molar-refractivity contribution in [3.63, 3.8) is 0 Å². The summed E-state index contributed by atoms with van der Waals surface area (Å²) in [6, 6.07) is 5.22. The van der Waals surface area contributed by atoms with Crippen LogP contribution in [0.25, 0.3) is 0 Å². The minimum absolute atomic E-state index is 0.0430. The minimum atomic E-state index is -0.221. The van der Waals surface area contributed by atoms with Crippen molar-refractivity contribution in [2.75, 3.05) is 14.2 Å². The smallest absolute Gasteiger partial charge is 0.315 e. The van der Waals surface area contributed by atoms with Gasteiger partial charge >= 0.3 is 6.03 Å². The molecule has 2 amide bonds. The summed E-state index contributed by atoms with van der Waals surface area (Å²) in [5.74, 6) is 1.32. The Morgan fingerprint density at radius 1 is 1.20 bits per heavy atom. The van der Waals surface area contributed by atoms with E-state index in [1.54, 1.807) is 25.1 Å². The number of methoxy groups -OCH3 is 2. The van der Waals surface area contributed by atoms with E-state index in [1.807, 2.05) is 45.2 Å². The number of rotatable bonds is 7. The Morgan fingerprint density at radius 3 is 2.48 bits per heavy atom. The van der Waals surface area contributed by atoms with E-state index in [4.69, 9.17) is 9.47 Å². The van der Waals surface area contributed by atoms with Gasteiger partial charge in [-0.15, -0.1) is 0 Å². The number of hydrogen-bond donors (Lipinski definition) is 2. The van der Waals surface area contributed by atoms with Gasteiger partial charge in [0.15, 0.2) is 11.5 Å². The van der Waals surface area contributed by atoms with E-state index < -0.39 is 0 Å². The Labute approximate surface area is 148 Å². The maximum atomic E-state index is 12.2. The summed E-state index contributed by atoms with van der Waals surface area (Å²) in [6.07, 6.45) is 3.58. The average molecular weight is 346 g/mol. The molecular formula is C18H26N4O3. The zero-order chi connectivity index (χ0) is 18.4. The van der Waals surface area contributed by atoms with Gasteiger partial charge < -0.3 is 20.1 Å². The summed E-state index contributed by atoms with van der Waals surface area (Å²) in [7, 11) is 3.20. The summed E-state index contributed by atoms with van der Waals surface area (Å²) in [6.45, 7) is 6.47. The molecule has 0 saturated heterocycles. The maximum absolute atomic E-state index is 12.2. The second-order valence-electron chi connectivity index (χ2n) is 6.03. The van der Waals surface area contributed by atoms with Gasteiger partial charge in [-0.3, -0.25) is 4.68 Å². The van der Waals surface area contributed by atoms with Crippen LogP contribution in [0.5, 0.6) is 11.5 Å². The first kappa shape index (κ1) is 18.6. The van der Waals surface area contributed by atoms with E-state index >= 15 is 0 Å². The lowest BCUT2D eigenvalue weighted by Crippen LogP contribution is -2.43. The third-order valence-corrected chi connectivity index (χ3v) is 3.98. The molecule has 0 saturated carbocycles. The van der Waals surface area contributed by atoms with Crippen LogP contribution in [0.3, 0.4) is 0 Å². The van der Waals surface area contributed by atoms with Gasteiger partial charge in [-0.1, -0.05) is 0 Å². The number of nitrogens with zero attached hydrogens (tertiary/aromatic N) is 2. The highest BCUT2D eigenvalue weighted by Crippen LogP contribution is 2.32. The number of benzene rings is 1. The molecule has 1 aromatic carbocycles. The monoisotopic (exact) mass is 346 g/mol. The zero-order valence-corrected chi connectivity index (χ0v) is 15.4. The lowest BCUT2D eigenvalue weighted by atomic mass is 10.0. The molecule has 0 fully saturated rings. The summed E-state index contributed by atoms with van der Waals surface area (Å²) >= 11 is 0. The van der Waals surface area contributed by atoms with Crippen LogP contribution < -0.4 is 20.1 Å². The Hall–Kier alpha value is -2.70. The van der Waals surface area contributed by atoms with E-state index in [0.29, 0.717) is 18.0 Å². The largest absolute Gasteiger partial charge is 0.493 e. The topological polar surface area (TPSA) is 77.4 Å². The van der Waals surface area contributed by atoms with E-state index in [1.165, 1.54) is 0 Å². The molecule has 0 bridgehead atoms. The van der Waals surface area contributed by atoms with Crippen molar-refractivity contribution in [1.29, 1.82) is 0 Å². The van der Waals surface area contributed by atoms with Crippen molar-refractivity contribution in [3.05, 3.63) is 41.7 Å². The molecule has 0 aliphatic heterocycles. The first-order valence-corrected chi connectivity index (χ1v) is 8.21.